The molecule has 0 radical (unpaired) electrons. The molecule has 2 aromatic rings. The minimum Gasteiger partial charge on any atom is -0.369 e. The monoisotopic (exact) mass is 376 g/mol. The standard InChI is InChI=1S/C17H21BrN4O/c1-12(2)8-9-19-15-6-7-16(22-21-15)20-17(23)11-13-4-3-5-14(18)10-13/h3-7,10,12H,8-9,11H2,1-2H3,(H,19,21)(H,20,22,23). The minimum atomic E-state index is -0.113. The summed E-state index contributed by atoms with van der Waals surface area (Å²) in [5.41, 5.74) is 0.941. The highest BCUT2D eigenvalue weighted by molar-refractivity contribution is 9.10. The first-order valence-electron chi connectivity index (χ1n) is 7.65. The quantitative estimate of drug-likeness (QED) is 0.769. The van der Waals surface area contributed by atoms with Crippen molar-refractivity contribution in [1.82, 2.24) is 10.2 Å². The number of carbonyl (C=O) groups is 1. The molecule has 6 heteroatoms. The van der Waals surface area contributed by atoms with Gasteiger partial charge >= 0.3 is 0 Å². The highest BCUT2D eigenvalue weighted by Crippen LogP contribution is 2.13. The van der Waals surface area contributed by atoms with E-state index in [1.807, 2.05) is 30.3 Å². The molecule has 2 rings (SSSR count). The molecule has 23 heavy (non-hydrogen) atoms. The lowest BCUT2D eigenvalue weighted by atomic mass is 10.1. The second kappa shape index (κ2) is 8.62. The fraction of sp³-hybridized carbons (Fsp3) is 0.353. The molecule has 1 amide bonds. The number of benzene rings is 1. The predicted octanol–water partition coefficient (Wildman–Crippen LogP) is 3.88. The summed E-state index contributed by atoms with van der Waals surface area (Å²) < 4.78 is 0.958. The molecule has 0 spiro atoms. The molecule has 0 aliphatic carbocycles. The van der Waals surface area contributed by atoms with Crippen molar-refractivity contribution < 1.29 is 4.79 Å². The van der Waals surface area contributed by atoms with E-state index < -0.39 is 0 Å². The molecule has 0 aliphatic heterocycles. The second-order valence-corrected chi connectivity index (χ2v) is 6.68. The highest BCUT2D eigenvalue weighted by Gasteiger charge is 2.06. The predicted molar refractivity (Wildman–Crippen MR) is 96.5 cm³/mol. The van der Waals surface area contributed by atoms with E-state index in [1.54, 1.807) is 6.07 Å². The van der Waals surface area contributed by atoms with Gasteiger partial charge < -0.3 is 10.6 Å². The second-order valence-electron chi connectivity index (χ2n) is 5.77. The third-order valence-electron chi connectivity index (χ3n) is 3.21. The summed E-state index contributed by atoms with van der Waals surface area (Å²) in [5, 5.41) is 14.1. The molecule has 0 atom stereocenters. The lowest BCUT2D eigenvalue weighted by Gasteiger charge is -2.08. The molecule has 0 fully saturated rings. The maximum Gasteiger partial charge on any atom is 0.229 e. The molecule has 0 bridgehead atoms. The lowest BCUT2D eigenvalue weighted by molar-refractivity contribution is -0.115. The topological polar surface area (TPSA) is 66.9 Å². The average Bonchev–Trinajstić information content (AvgIpc) is 2.48. The number of hydrogen-bond acceptors (Lipinski definition) is 4. The van der Waals surface area contributed by atoms with Crippen LogP contribution in [0.1, 0.15) is 25.8 Å². The van der Waals surface area contributed by atoms with Gasteiger partial charge in [0.1, 0.15) is 5.82 Å². The number of amides is 1. The summed E-state index contributed by atoms with van der Waals surface area (Å²) in [5.74, 6) is 1.71. The van der Waals surface area contributed by atoms with Crippen LogP contribution >= 0.6 is 15.9 Å². The van der Waals surface area contributed by atoms with Gasteiger partial charge in [-0.1, -0.05) is 41.9 Å². The first kappa shape index (κ1) is 17.4. The zero-order chi connectivity index (χ0) is 16.7. The lowest BCUT2D eigenvalue weighted by Crippen LogP contribution is -2.16. The molecule has 1 heterocycles. The van der Waals surface area contributed by atoms with Crippen LogP contribution in [0.2, 0.25) is 0 Å². The van der Waals surface area contributed by atoms with Crippen molar-refractivity contribution >= 4 is 33.5 Å². The van der Waals surface area contributed by atoms with Crippen LogP contribution in [-0.2, 0) is 11.2 Å². The molecule has 122 valence electrons. The molecular formula is C17H21BrN4O. The molecule has 1 aromatic carbocycles. The summed E-state index contributed by atoms with van der Waals surface area (Å²) >= 11 is 3.40. The van der Waals surface area contributed by atoms with Gasteiger partial charge in [0.25, 0.3) is 0 Å². The third kappa shape index (κ3) is 6.36. The Bertz CT molecular complexity index is 643. The molecule has 0 unspecified atom stereocenters. The van der Waals surface area contributed by atoms with Gasteiger partial charge in [-0.05, 0) is 42.2 Å². The summed E-state index contributed by atoms with van der Waals surface area (Å²) in [7, 11) is 0. The van der Waals surface area contributed by atoms with Gasteiger partial charge in [0, 0.05) is 11.0 Å². The average molecular weight is 377 g/mol. The number of anilines is 2. The summed E-state index contributed by atoms with van der Waals surface area (Å²) in [6.07, 6.45) is 1.38. The molecule has 2 N–H and O–H groups in total. The Labute approximate surface area is 145 Å². The molecule has 0 saturated heterocycles. The Morgan fingerprint density at radius 3 is 2.57 bits per heavy atom. The van der Waals surface area contributed by atoms with E-state index in [2.05, 4.69) is 50.6 Å². The highest BCUT2D eigenvalue weighted by atomic mass is 79.9. The van der Waals surface area contributed by atoms with E-state index in [0.717, 1.165) is 28.8 Å². The maximum atomic E-state index is 12.0. The first-order chi connectivity index (χ1) is 11.0. The van der Waals surface area contributed by atoms with Crippen molar-refractivity contribution in [2.24, 2.45) is 5.92 Å². The Hall–Kier alpha value is -1.95. The first-order valence-corrected chi connectivity index (χ1v) is 8.44. The minimum absolute atomic E-state index is 0.113. The molecule has 0 saturated carbocycles. The summed E-state index contributed by atoms with van der Waals surface area (Å²) in [6, 6.07) is 11.2. The van der Waals surface area contributed by atoms with Gasteiger partial charge in [-0.3, -0.25) is 4.79 Å². The Morgan fingerprint density at radius 2 is 1.91 bits per heavy atom. The van der Waals surface area contributed by atoms with Crippen LogP contribution in [0, 0.1) is 5.92 Å². The summed E-state index contributed by atoms with van der Waals surface area (Å²) in [6.45, 7) is 5.22. The van der Waals surface area contributed by atoms with Gasteiger partial charge in [0.15, 0.2) is 5.82 Å². The third-order valence-corrected chi connectivity index (χ3v) is 3.71. The largest absolute Gasteiger partial charge is 0.369 e. The van der Waals surface area contributed by atoms with Gasteiger partial charge in [-0.15, -0.1) is 10.2 Å². The maximum absolute atomic E-state index is 12.0. The molecule has 0 aliphatic rings. The van der Waals surface area contributed by atoms with Gasteiger partial charge in [-0.25, -0.2) is 0 Å². The van der Waals surface area contributed by atoms with Gasteiger partial charge in [-0.2, -0.15) is 0 Å². The fourth-order valence-electron chi connectivity index (χ4n) is 2.00. The van der Waals surface area contributed by atoms with Crippen molar-refractivity contribution in [3.63, 3.8) is 0 Å². The number of halogens is 1. The molecule has 5 nitrogen and oxygen atoms in total. The van der Waals surface area contributed by atoms with Crippen LogP contribution in [0.3, 0.4) is 0 Å². The number of rotatable bonds is 7. The van der Waals surface area contributed by atoms with Gasteiger partial charge in [0.05, 0.1) is 6.42 Å². The Kier molecular flexibility index (Phi) is 6.52. The zero-order valence-corrected chi connectivity index (χ0v) is 14.9. The SMILES string of the molecule is CC(C)CCNc1ccc(NC(=O)Cc2cccc(Br)c2)nn1. The fourth-order valence-corrected chi connectivity index (χ4v) is 2.45. The van der Waals surface area contributed by atoms with E-state index in [0.29, 0.717) is 18.2 Å². The van der Waals surface area contributed by atoms with Crippen LogP contribution in [0.4, 0.5) is 11.6 Å². The van der Waals surface area contributed by atoms with E-state index >= 15 is 0 Å². The van der Waals surface area contributed by atoms with Crippen LogP contribution in [0.25, 0.3) is 0 Å². The van der Waals surface area contributed by atoms with Crippen LogP contribution in [-0.4, -0.2) is 22.6 Å². The van der Waals surface area contributed by atoms with E-state index in [4.69, 9.17) is 0 Å². The van der Waals surface area contributed by atoms with Crippen LogP contribution in [0.5, 0.6) is 0 Å². The Balaban J connectivity index is 1.84. The number of nitrogens with one attached hydrogen (secondary N) is 2. The van der Waals surface area contributed by atoms with Crippen LogP contribution in [0.15, 0.2) is 40.9 Å². The number of nitrogens with zero attached hydrogens (tertiary/aromatic N) is 2. The van der Waals surface area contributed by atoms with E-state index in [9.17, 15) is 4.79 Å². The zero-order valence-electron chi connectivity index (χ0n) is 13.3. The smallest absolute Gasteiger partial charge is 0.229 e. The normalized spacial score (nSPS) is 10.6. The van der Waals surface area contributed by atoms with Crippen molar-refractivity contribution in [1.29, 1.82) is 0 Å². The van der Waals surface area contributed by atoms with Crippen LogP contribution < -0.4 is 10.6 Å². The number of hydrogen-bond donors (Lipinski definition) is 2. The number of aromatic nitrogens is 2. The van der Waals surface area contributed by atoms with E-state index in [1.165, 1.54) is 0 Å². The molecule has 1 aromatic heterocycles. The van der Waals surface area contributed by atoms with Crippen molar-refractivity contribution in [3.05, 3.63) is 46.4 Å². The van der Waals surface area contributed by atoms with Gasteiger partial charge in [0.2, 0.25) is 5.91 Å². The summed E-state index contributed by atoms with van der Waals surface area (Å²) in [4.78, 5) is 12.0. The van der Waals surface area contributed by atoms with Crippen molar-refractivity contribution in [2.75, 3.05) is 17.2 Å². The molecular weight excluding hydrogens is 356 g/mol. The van der Waals surface area contributed by atoms with Crippen molar-refractivity contribution in [3.8, 4) is 0 Å². The van der Waals surface area contributed by atoms with Crippen molar-refractivity contribution in [2.45, 2.75) is 26.7 Å². The number of carbonyl (C=O) groups excluding carboxylic acids is 1. The van der Waals surface area contributed by atoms with E-state index in [-0.39, 0.29) is 5.91 Å². The Morgan fingerprint density at radius 1 is 1.17 bits per heavy atom.